The highest BCUT2D eigenvalue weighted by molar-refractivity contribution is 5.94. The smallest absolute Gasteiger partial charge is 0.163 e. The molecule has 0 atom stereocenters. The lowest BCUT2D eigenvalue weighted by Crippen LogP contribution is -2.15. The molecule has 0 unspecified atom stereocenters. The van der Waals surface area contributed by atoms with Gasteiger partial charge in [0.05, 0.1) is 63.9 Å². The Morgan fingerprint density at radius 1 is 0.441 bits per heavy atom. The van der Waals surface area contributed by atoms with Gasteiger partial charge in [-0.1, -0.05) is 24.0 Å². The fourth-order valence-electron chi connectivity index (χ4n) is 5.91. The summed E-state index contributed by atoms with van der Waals surface area (Å²) >= 11 is 0. The minimum absolute atomic E-state index is 0. The normalized spacial score (nSPS) is 14.7. The highest BCUT2D eigenvalue weighted by Crippen LogP contribution is 2.36. The Kier molecular flexibility index (Phi) is 15.7. The first-order valence-corrected chi connectivity index (χ1v) is 18.7. The Morgan fingerprint density at radius 3 is 1.17 bits per heavy atom. The minimum atomic E-state index is 0. The molecule has 8 rings (SSSR count). The molecule has 2 N–H and O–H groups in total. The lowest BCUT2D eigenvalue weighted by molar-refractivity contribution is 0.0224. The Labute approximate surface area is 348 Å². The van der Waals surface area contributed by atoms with E-state index in [1.165, 1.54) is 12.7 Å². The molecular weight excluding hydrogens is 776 g/mol. The topological polar surface area (TPSA) is 149 Å². The molecule has 2 aliphatic heterocycles. The molecule has 0 bridgehead atoms. The number of benzene rings is 4. The molecule has 0 aliphatic carbocycles. The fraction of sp³-hybridized carbons (Fsp3) is 0.273. The zero-order chi connectivity index (χ0) is 39.8. The monoisotopic (exact) mass is 818 g/mol. The summed E-state index contributed by atoms with van der Waals surface area (Å²) in [6, 6.07) is 22.6. The lowest BCUT2D eigenvalue weighted by Gasteiger charge is -2.16. The summed E-state index contributed by atoms with van der Waals surface area (Å²) in [5.41, 5.74) is 4.74. The summed E-state index contributed by atoms with van der Waals surface area (Å²) in [4.78, 5) is 17.5. The molecule has 59 heavy (non-hydrogen) atoms. The number of aromatic nitrogens is 4. The van der Waals surface area contributed by atoms with Gasteiger partial charge in [0.2, 0.25) is 0 Å². The van der Waals surface area contributed by atoms with Crippen LogP contribution in [0.1, 0.15) is 11.1 Å². The minimum Gasteiger partial charge on any atom is -0.487 e. The van der Waals surface area contributed by atoms with Crippen molar-refractivity contribution in [1.29, 1.82) is 0 Å². The second-order valence-corrected chi connectivity index (χ2v) is 12.6. The van der Waals surface area contributed by atoms with Gasteiger partial charge in [0.1, 0.15) is 50.7 Å². The molecular formula is C44H43ClN6O8. The van der Waals surface area contributed by atoms with Crippen LogP contribution in [0.3, 0.4) is 0 Å². The first kappa shape index (κ1) is 42.2. The maximum absolute atomic E-state index is 5.91. The van der Waals surface area contributed by atoms with Gasteiger partial charge in [-0.05, 0) is 48.5 Å². The molecule has 304 valence electrons. The molecule has 0 fully saturated rings. The maximum atomic E-state index is 5.91. The van der Waals surface area contributed by atoms with Crippen molar-refractivity contribution in [2.75, 3.05) is 89.9 Å². The van der Waals surface area contributed by atoms with Crippen molar-refractivity contribution < 1.29 is 37.9 Å². The molecule has 6 aromatic rings. The summed E-state index contributed by atoms with van der Waals surface area (Å²) in [6.45, 7) is 5.67. The van der Waals surface area contributed by atoms with E-state index in [1.807, 2.05) is 72.8 Å². The number of halogens is 1. The van der Waals surface area contributed by atoms with Crippen LogP contribution >= 0.6 is 12.4 Å². The molecule has 0 saturated heterocycles. The Bertz CT molecular complexity index is 2240. The predicted molar refractivity (Wildman–Crippen MR) is 227 cm³/mol. The van der Waals surface area contributed by atoms with Crippen molar-refractivity contribution in [3.63, 3.8) is 0 Å². The molecule has 4 aromatic carbocycles. The summed E-state index contributed by atoms with van der Waals surface area (Å²) in [6.07, 6.45) is 14.0. The molecule has 0 saturated carbocycles. The number of ether oxygens (including phenoxy) is 8. The first-order valence-electron chi connectivity index (χ1n) is 18.7. The number of hydrogen-bond acceptors (Lipinski definition) is 14. The van der Waals surface area contributed by atoms with Crippen LogP contribution in [0.4, 0.5) is 23.0 Å². The van der Waals surface area contributed by atoms with E-state index in [2.05, 4.69) is 42.4 Å². The number of nitrogens with one attached hydrogen (secondary N) is 2. The molecule has 0 spiro atoms. The molecule has 15 heteroatoms. The van der Waals surface area contributed by atoms with Crippen molar-refractivity contribution in [3.8, 4) is 47.7 Å². The van der Waals surface area contributed by atoms with E-state index in [0.717, 1.165) is 44.3 Å². The number of hydrogen-bond donors (Lipinski definition) is 2. The number of rotatable bonds is 4. The van der Waals surface area contributed by atoms with Crippen LogP contribution in [0, 0.1) is 24.7 Å². The Hall–Kier alpha value is -6.39. The van der Waals surface area contributed by atoms with Crippen LogP contribution in [0.2, 0.25) is 0 Å². The zero-order valence-corrected chi connectivity index (χ0v) is 33.0. The van der Waals surface area contributed by atoms with Crippen LogP contribution in [-0.4, -0.2) is 99.2 Å². The van der Waals surface area contributed by atoms with Crippen LogP contribution in [0.25, 0.3) is 21.8 Å². The number of anilines is 4. The second kappa shape index (κ2) is 21.9. The van der Waals surface area contributed by atoms with Crippen LogP contribution in [0.5, 0.6) is 23.0 Å². The van der Waals surface area contributed by atoms with Crippen LogP contribution in [-0.2, 0) is 18.9 Å². The third-order valence-electron chi connectivity index (χ3n) is 8.67. The second-order valence-electron chi connectivity index (χ2n) is 12.6. The van der Waals surface area contributed by atoms with Crippen molar-refractivity contribution in [1.82, 2.24) is 19.9 Å². The largest absolute Gasteiger partial charge is 0.487 e. The SMILES string of the molecule is C#Cc1cccc(Nc2ncnc3cc4c(cc23)OCCOCCOCCO4)c1.C#Cc1cccc(Nc2ncnc3cc4c(cc23)OCCOCCOCCO4)c1.Cl. The molecule has 4 heterocycles. The summed E-state index contributed by atoms with van der Waals surface area (Å²) < 4.78 is 45.5. The predicted octanol–water partition coefficient (Wildman–Crippen LogP) is 6.74. The Morgan fingerprint density at radius 2 is 0.797 bits per heavy atom. The van der Waals surface area contributed by atoms with E-state index in [4.69, 9.17) is 50.7 Å². The third-order valence-corrected chi connectivity index (χ3v) is 8.67. The molecule has 0 radical (unpaired) electrons. The highest BCUT2D eigenvalue weighted by atomic mass is 35.5. The lowest BCUT2D eigenvalue weighted by atomic mass is 10.2. The molecule has 14 nitrogen and oxygen atoms in total. The average Bonchev–Trinajstić information content (AvgIpc) is 3.24. The van der Waals surface area contributed by atoms with Crippen molar-refractivity contribution in [3.05, 3.63) is 96.6 Å². The summed E-state index contributed by atoms with van der Waals surface area (Å²) in [5.74, 6) is 9.01. The molecule has 0 amide bonds. The molecule has 2 aliphatic rings. The van der Waals surface area contributed by atoms with Crippen molar-refractivity contribution in [2.24, 2.45) is 0 Å². The first-order chi connectivity index (χ1) is 28.7. The van der Waals surface area contributed by atoms with Gasteiger partial charge in [-0.25, -0.2) is 19.9 Å². The average molecular weight is 819 g/mol. The maximum Gasteiger partial charge on any atom is 0.163 e. The van der Waals surface area contributed by atoms with Gasteiger partial charge >= 0.3 is 0 Å². The fourth-order valence-corrected chi connectivity index (χ4v) is 5.91. The van der Waals surface area contributed by atoms with Crippen molar-refractivity contribution >= 4 is 57.2 Å². The van der Waals surface area contributed by atoms with Gasteiger partial charge in [0.25, 0.3) is 0 Å². The summed E-state index contributed by atoms with van der Waals surface area (Å²) in [5, 5.41) is 8.24. The zero-order valence-electron chi connectivity index (χ0n) is 32.2. The van der Waals surface area contributed by atoms with Gasteiger partial charge in [-0.3, -0.25) is 0 Å². The standard InChI is InChI=1S/2C22H21N3O4.ClH/c2*1-2-16-4-3-5-17(12-16)25-22-18-13-20-21(14-19(18)23-15-24-22)29-11-9-27-7-6-26-8-10-28-20;/h2*1,3-5,12-15H,6-11H2,(H,23,24,25);1H. The van der Waals surface area contributed by atoms with E-state index < -0.39 is 0 Å². The number of nitrogens with zero attached hydrogens (tertiary/aromatic N) is 4. The highest BCUT2D eigenvalue weighted by Gasteiger charge is 2.15. The van der Waals surface area contributed by atoms with Crippen LogP contribution < -0.4 is 29.6 Å². The van der Waals surface area contributed by atoms with E-state index in [-0.39, 0.29) is 12.4 Å². The number of fused-ring (bicyclic) bond motifs is 4. The third kappa shape index (κ3) is 11.8. The van der Waals surface area contributed by atoms with Gasteiger partial charge in [0.15, 0.2) is 23.0 Å². The van der Waals surface area contributed by atoms with Gasteiger partial charge in [-0.2, -0.15) is 0 Å². The van der Waals surface area contributed by atoms with E-state index in [0.29, 0.717) is 114 Å². The van der Waals surface area contributed by atoms with Gasteiger partial charge < -0.3 is 48.5 Å². The van der Waals surface area contributed by atoms with E-state index in [9.17, 15) is 0 Å². The van der Waals surface area contributed by atoms with Crippen molar-refractivity contribution in [2.45, 2.75) is 0 Å². The summed E-state index contributed by atoms with van der Waals surface area (Å²) in [7, 11) is 0. The molecule has 2 aromatic heterocycles. The van der Waals surface area contributed by atoms with Crippen LogP contribution in [0.15, 0.2) is 85.5 Å². The van der Waals surface area contributed by atoms with Gasteiger partial charge in [0, 0.05) is 45.4 Å². The van der Waals surface area contributed by atoms with E-state index >= 15 is 0 Å². The number of terminal acetylenes is 2. The quantitative estimate of drug-likeness (QED) is 0.181. The van der Waals surface area contributed by atoms with E-state index in [1.54, 1.807) is 0 Å². The Balaban J connectivity index is 0.000000195. The van der Waals surface area contributed by atoms with Gasteiger partial charge in [-0.15, -0.1) is 25.3 Å².